The predicted octanol–water partition coefficient (Wildman–Crippen LogP) is 1.66. The number of benzene rings is 1. The Hall–Kier alpha value is -1.84. The van der Waals surface area contributed by atoms with E-state index in [0.717, 1.165) is 0 Å². The van der Waals surface area contributed by atoms with Crippen molar-refractivity contribution in [3.8, 4) is 0 Å². The van der Waals surface area contributed by atoms with Crippen LogP contribution in [0.1, 0.15) is 33.2 Å². The van der Waals surface area contributed by atoms with Crippen molar-refractivity contribution in [2.45, 2.75) is 6.92 Å². The minimum absolute atomic E-state index is 0.187. The molecule has 0 aliphatic rings. The van der Waals surface area contributed by atoms with Crippen LogP contribution in [0.4, 0.5) is 0 Å². The van der Waals surface area contributed by atoms with E-state index < -0.39 is 11.9 Å². The van der Waals surface area contributed by atoms with E-state index in [1.165, 1.54) is 12.1 Å². The molecule has 1 aromatic carbocycles. The summed E-state index contributed by atoms with van der Waals surface area (Å²) in [5, 5.41) is 17.5. The normalized spacial score (nSPS) is 9.79. The standard InChI is InChI=1S/C10H9O4/c1-2-6-3-4-7(9(11)12)8(5-6)10(13)14/h2-5H,1H3,(H,11,12)(H,13,14). The molecule has 0 amide bonds. The fourth-order valence-corrected chi connectivity index (χ4v) is 1.10. The van der Waals surface area contributed by atoms with Gasteiger partial charge in [-0.15, -0.1) is 0 Å². The van der Waals surface area contributed by atoms with Gasteiger partial charge in [-0.3, -0.25) is 0 Å². The van der Waals surface area contributed by atoms with Crippen molar-refractivity contribution in [3.63, 3.8) is 0 Å². The van der Waals surface area contributed by atoms with Crippen LogP contribution < -0.4 is 0 Å². The molecule has 0 aromatic heterocycles. The second-order valence-electron chi connectivity index (χ2n) is 2.70. The van der Waals surface area contributed by atoms with Crippen LogP contribution in [-0.2, 0) is 0 Å². The first kappa shape index (κ1) is 10.2. The first-order valence-corrected chi connectivity index (χ1v) is 3.96. The third kappa shape index (κ3) is 1.90. The lowest BCUT2D eigenvalue weighted by Crippen LogP contribution is -2.08. The molecule has 4 nitrogen and oxygen atoms in total. The highest BCUT2D eigenvalue weighted by atomic mass is 16.4. The van der Waals surface area contributed by atoms with Crippen molar-refractivity contribution in [1.82, 2.24) is 0 Å². The fraction of sp³-hybridized carbons (Fsp3) is 0.100. The maximum absolute atomic E-state index is 10.7. The molecule has 0 heterocycles. The molecule has 4 heteroatoms. The molecule has 14 heavy (non-hydrogen) atoms. The van der Waals surface area contributed by atoms with E-state index in [2.05, 4.69) is 0 Å². The number of rotatable bonds is 3. The van der Waals surface area contributed by atoms with Gasteiger partial charge in [-0.2, -0.15) is 0 Å². The predicted molar refractivity (Wildman–Crippen MR) is 49.4 cm³/mol. The van der Waals surface area contributed by atoms with Crippen molar-refractivity contribution in [3.05, 3.63) is 41.3 Å². The summed E-state index contributed by atoms with van der Waals surface area (Å²) >= 11 is 0. The lowest BCUT2D eigenvalue weighted by atomic mass is 10.0. The first-order chi connectivity index (χ1) is 6.56. The van der Waals surface area contributed by atoms with Crippen molar-refractivity contribution >= 4 is 11.9 Å². The van der Waals surface area contributed by atoms with E-state index in [1.54, 1.807) is 19.4 Å². The number of aromatic carboxylic acids is 2. The topological polar surface area (TPSA) is 74.6 Å². The summed E-state index contributed by atoms with van der Waals surface area (Å²) in [6, 6.07) is 4.20. The summed E-state index contributed by atoms with van der Waals surface area (Å²) in [5.41, 5.74) is 0.309. The SMILES string of the molecule is C[CH]c1ccc(C(=O)O)c(C(=O)O)c1. The van der Waals surface area contributed by atoms with Crippen LogP contribution in [0.5, 0.6) is 0 Å². The van der Waals surface area contributed by atoms with Crippen molar-refractivity contribution in [2.75, 3.05) is 0 Å². The Morgan fingerprint density at radius 3 is 2.14 bits per heavy atom. The van der Waals surface area contributed by atoms with E-state index in [1.807, 2.05) is 0 Å². The van der Waals surface area contributed by atoms with E-state index in [9.17, 15) is 9.59 Å². The average molecular weight is 193 g/mol. The van der Waals surface area contributed by atoms with Crippen LogP contribution >= 0.6 is 0 Å². The summed E-state index contributed by atoms with van der Waals surface area (Å²) in [5.74, 6) is -2.46. The molecule has 2 N–H and O–H groups in total. The van der Waals surface area contributed by atoms with E-state index >= 15 is 0 Å². The van der Waals surface area contributed by atoms with Crippen LogP contribution in [0.2, 0.25) is 0 Å². The van der Waals surface area contributed by atoms with Gasteiger partial charge in [-0.1, -0.05) is 13.0 Å². The fourth-order valence-electron chi connectivity index (χ4n) is 1.10. The van der Waals surface area contributed by atoms with Crippen LogP contribution in [-0.4, -0.2) is 22.2 Å². The molecule has 1 radical (unpaired) electrons. The van der Waals surface area contributed by atoms with Crippen LogP contribution in [0.3, 0.4) is 0 Å². The van der Waals surface area contributed by atoms with Gasteiger partial charge < -0.3 is 10.2 Å². The number of carbonyl (C=O) groups is 2. The Balaban J connectivity index is 3.31. The molecule has 0 unspecified atom stereocenters. The van der Waals surface area contributed by atoms with Crippen LogP contribution in [0, 0.1) is 6.42 Å². The van der Waals surface area contributed by atoms with Gasteiger partial charge in [-0.05, 0) is 24.1 Å². The van der Waals surface area contributed by atoms with Gasteiger partial charge in [-0.25, -0.2) is 9.59 Å². The van der Waals surface area contributed by atoms with E-state index in [4.69, 9.17) is 10.2 Å². The maximum atomic E-state index is 10.7. The molecule has 0 bridgehead atoms. The Labute approximate surface area is 80.8 Å². The number of hydrogen-bond acceptors (Lipinski definition) is 2. The minimum atomic E-state index is -1.23. The van der Waals surface area contributed by atoms with Crippen molar-refractivity contribution in [1.29, 1.82) is 0 Å². The second kappa shape index (κ2) is 3.91. The Bertz CT molecular complexity index is 382. The van der Waals surface area contributed by atoms with Crippen LogP contribution in [0.15, 0.2) is 18.2 Å². The number of hydrogen-bond donors (Lipinski definition) is 2. The third-order valence-electron chi connectivity index (χ3n) is 1.84. The molecule has 0 aliphatic carbocycles. The van der Waals surface area contributed by atoms with Gasteiger partial charge in [0.1, 0.15) is 0 Å². The van der Waals surface area contributed by atoms with E-state index in [0.29, 0.717) is 5.56 Å². The molecule has 0 spiro atoms. The number of carboxylic acid groups (broad SMARTS) is 2. The summed E-state index contributed by atoms with van der Waals surface area (Å²) in [4.78, 5) is 21.4. The van der Waals surface area contributed by atoms with Gasteiger partial charge in [0.15, 0.2) is 0 Å². The summed E-state index contributed by atoms with van der Waals surface area (Å²) < 4.78 is 0. The molecule has 0 saturated carbocycles. The highest BCUT2D eigenvalue weighted by Crippen LogP contribution is 2.13. The Morgan fingerprint density at radius 1 is 1.14 bits per heavy atom. The minimum Gasteiger partial charge on any atom is -0.478 e. The lowest BCUT2D eigenvalue weighted by Gasteiger charge is -2.03. The molecule has 1 rings (SSSR count). The third-order valence-corrected chi connectivity index (χ3v) is 1.84. The molecule has 0 atom stereocenters. The lowest BCUT2D eigenvalue weighted by molar-refractivity contribution is 0.0651. The molecule has 0 aliphatic heterocycles. The smallest absolute Gasteiger partial charge is 0.336 e. The largest absolute Gasteiger partial charge is 0.478 e. The van der Waals surface area contributed by atoms with Gasteiger partial charge in [0, 0.05) is 0 Å². The van der Waals surface area contributed by atoms with Gasteiger partial charge >= 0.3 is 11.9 Å². The quantitative estimate of drug-likeness (QED) is 0.765. The highest BCUT2D eigenvalue weighted by Gasteiger charge is 2.15. The molecule has 73 valence electrons. The first-order valence-electron chi connectivity index (χ1n) is 3.96. The maximum Gasteiger partial charge on any atom is 0.336 e. The van der Waals surface area contributed by atoms with Gasteiger partial charge in [0.2, 0.25) is 0 Å². The average Bonchev–Trinajstić information content (AvgIpc) is 2.16. The molecular weight excluding hydrogens is 184 g/mol. The van der Waals surface area contributed by atoms with Crippen molar-refractivity contribution < 1.29 is 19.8 Å². The summed E-state index contributed by atoms with van der Waals surface area (Å²) in [7, 11) is 0. The van der Waals surface area contributed by atoms with Crippen LogP contribution in [0.25, 0.3) is 0 Å². The highest BCUT2D eigenvalue weighted by molar-refractivity contribution is 6.01. The molecular formula is C10H9O4. The zero-order valence-electron chi connectivity index (χ0n) is 7.52. The molecule has 0 fully saturated rings. The monoisotopic (exact) mass is 193 g/mol. The van der Waals surface area contributed by atoms with Gasteiger partial charge in [0.05, 0.1) is 11.1 Å². The zero-order chi connectivity index (χ0) is 10.7. The zero-order valence-corrected chi connectivity index (χ0v) is 7.52. The Morgan fingerprint density at radius 2 is 1.71 bits per heavy atom. The molecule has 1 aromatic rings. The Kier molecular flexibility index (Phi) is 2.86. The summed E-state index contributed by atoms with van der Waals surface area (Å²) in [6.07, 6.45) is 1.71. The number of carboxylic acids is 2. The van der Waals surface area contributed by atoms with Crippen molar-refractivity contribution in [2.24, 2.45) is 0 Å². The van der Waals surface area contributed by atoms with E-state index in [-0.39, 0.29) is 11.1 Å². The molecule has 0 saturated heterocycles. The second-order valence-corrected chi connectivity index (χ2v) is 2.70. The van der Waals surface area contributed by atoms with Gasteiger partial charge in [0.25, 0.3) is 0 Å². The summed E-state index contributed by atoms with van der Waals surface area (Å²) in [6.45, 7) is 1.75.